The van der Waals surface area contributed by atoms with Crippen molar-refractivity contribution in [1.82, 2.24) is 14.6 Å². The molecule has 0 N–H and O–H groups in total. The second-order valence-corrected chi connectivity index (χ2v) is 6.28. The smallest absolute Gasteiger partial charge is 0.165 e. The molecule has 0 amide bonds. The number of hydrogen-bond acceptors (Lipinski definition) is 2. The SMILES string of the molecule is Cc1ccc(-c2c(C)nn3c(Cl)cc(-c4ccccc4)nc23)cc1. The van der Waals surface area contributed by atoms with Crippen molar-refractivity contribution >= 4 is 17.2 Å². The lowest BCUT2D eigenvalue weighted by Crippen LogP contribution is -1.95. The molecule has 2 heterocycles. The highest BCUT2D eigenvalue weighted by Gasteiger charge is 2.16. The van der Waals surface area contributed by atoms with Gasteiger partial charge in [-0.3, -0.25) is 0 Å². The van der Waals surface area contributed by atoms with Gasteiger partial charge in [-0.25, -0.2) is 9.50 Å². The summed E-state index contributed by atoms with van der Waals surface area (Å²) in [6.07, 6.45) is 0. The normalized spacial score (nSPS) is 11.1. The topological polar surface area (TPSA) is 30.2 Å². The maximum atomic E-state index is 6.47. The number of fused-ring (bicyclic) bond motifs is 1. The molecule has 4 aromatic rings. The summed E-state index contributed by atoms with van der Waals surface area (Å²) in [4.78, 5) is 4.84. The molecule has 0 bridgehead atoms. The van der Waals surface area contributed by atoms with Crippen LogP contribution in [0.25, 0.3) is 28.0 Å². The summed E-state index contributed by atoms with van der Waals surface area (Å²) in [5.41, 5.74) is 6.93. The van der Waals surface area contributed by atoms with Crippen LogP contribution < -0.4 is 0 Å². The van der Waals surface area contributed by atoms with Gasteiger partial charge in [0.25, 0.3) is 0 Å². The minimum Gasteiger partial charge on any atom is -0.228 e. The second-order valence-electron chi connectivity index (χ2n) is 5.89. The van der Waals surface area contributed by atoms with E-state index in [0.717, 1.165) is 33.7 Å². The third-order valence-electron chi connectivity index (χ3n) is 4.13. The van der Waals surface area contributed by atoms with Crippen molar-refractivity contribution in [2.75, 3.05) is 0 Å². The molecule has 0 aliphatic rings. The minimum absolute atomic E-state index is 0.556. The number of aryl methyl sites for hydroxylation is 2. The average molecular weight is 334 g/mol. The molecule has 4 heteroatoms. The first kappa shape index (κ1) is 14.9. The molecule has 118 valence electrons. The van der Waals surface area contributed by atoms with Gasteiger partial charge in [0.2, 0.25) is 0 Å². The molecule has 0 unspecified atom stereocenters. The van der Waals surface area contributed by atoms with Crippen molar-refractivity contribution in [3.8, 4) is 22.4 Å². The first-order chi connectivity index (χ1) is 11.6. The van der Waals surface area contributed by atoms with Crippen molar-refractivity contribution < 1.29 is 0 Å². The predicted molar refractivity (Wildman–Crippen MR) is 98.3 cm³/mol. The zero-order valence-corrected chi connectivity index (χ0v) is 14.2. The first-order valence-corrected chi connectivity index (χ1v) is 8.19. The fourth-order valence-corrected chi connectivity index (χ4v) is 3.12. The summed E-state index contributed by atoms with van der Waals surface area (Å²) in [7, 11) is 0. The van der Waals surface area contributed by atoms with Crippen LogP contribution >= 0.6 is 11.6 Å². The molecule has 3 nitrogen and oxygen atoms in total. The van der Waals surface area contributed by atoms with E-state index < -0.39 is 0 Å². The number of hydrogen-bond donors (Lipinski definition) is 0. The second kappa shape index (κ2) is 5.77. The molecule has 0 saturated heterocycles. The minimum atomic E-state index is 0.556. The molecule has 4 rings (SSSR count). The maximum Gasteiger partial charge on any atom is 0.165 e. The zero-order valence-electron chi connectivity index (χ0n) is 13.5. The summed E-state index contributed by atoms with van der Waals surface area (Å²) in [6.45, 7) is 4.07. The number of halogens is 1. The quantitative estimate of drug-likeness (QED) is 0.464. The molecule has 0 spiro atoms. The van der Waals surface area contributed by atoms with E-state index in [1.54, 1.807) is 4.52 Å². The summed E-state index contributed by atoms with van der Waals surface area (Å²) in [5.74, 6) is 0. The lowest BCUT2D eigenvalue weighted by Gasteiger charge is -2.06. The van der Waals surface area contributed by atoms with E-state index in [9.17, 15) is 0 Å². The highest BCUT2D eigenvalue weighted by atomic mass is 35.5. The van der Waals surface area contributed by atoms with Crippen LogP contribution in [-0.2, 0) is 0 Å². The van der Waals surface area contributed by atoms with Crippen LogP contribution in [0.3, 0.4) is 0 Å². The van der Waals surface area contributed by atoms with Crippen LogP contribution in [0.1, 0.15) is 11.3 Å². The van der Waals surface area contributed by atoms with Gasteiger partial charge in [0.1, 0.15) is 5.15 Å². The van der Waals surface area contributed by atoms with Gasteiger partial charge >= 0.3 is 0 Å². The Morgan fingerprint density at radius 2 is 1.58 bits per heavy atom. The van der Waals surface area contributed by atoms with Gasteiger partial charge in [-0.2, -0.15) is 5.10 Å². The molecule has 0 atom stereocenters. The number of rotatable bonds is 2. The van der Waals surface area contributed by atoms with Crippen LogP contribution in [0, 0.1) is 13.8 Å². The summed E-state index contributed by atoms with van der Waals surface area (Å²) in [6, 6.07) is 20.3. The van der Waals surface area contributed by atoms with Crippen molar-refractivity contribution in [3.63, 3.8) is 0 Å². The average Bonchev–Trinajstić information content (AvgIpc) is 2.93. The molecule has 0 aliphatic carbocycles. The van der Waals surface area contributed by atoms with Gasteiger partial charge in [0.15, 0.2) is 5.65 Å². The molecule has 24 heavy (non-hydrogen) atoms. The summed E-state index contributed by atoms with van der Waals surface area (Å²) >= 11 is 6.47. The Bertz CT molecular complexity index is 1020. The van der Waals surface area contributed by atoms with Crippen LogP contribution in [0.5, 0.6) is 0 Å². The lowest BCUT2D eigenvalue weighted by molar-refractivity contribution is 0.919. The van der Waals surface area contributed by atoms with Gasteiger partial charge in [0, 0.05) is 17.2 Å². The largest absolute Gasteiger partial charge is 0.228 e. The van der Waals surface area contributed by atoms with E-state index in [0.29, 0.717) is 5.15 Å². The van der Waals surface area contributed by atoms with Gasteiger partial charge in [-0.05, 0) is 19.4 Å². The van der Waals surface area contributed by atoms with E-state index in [2.05, 4.69) is 36.3 Å². The van der Waals surface area contributed by atoms with Gasteiger partial charge in [-0.1, -0.05) is 71.8 Å². The van der Waals surface area contributed by atoms with Gasteiger partial charge in [0.05, 0.1) is 11.4 Å². The Balaban J connectivity index is 1.99. The van der Waals surface area contributed by atoms with Crippen molar-refractivity contribution in [3.05, 3.63) is 77.1 Å². The monoisotopic (exact) mass is 333 g/mol. The molecular formula is C20H16ClN3. The molecule has 0 saturated carbocycles. The van der Waals surface area contributed by atoms with Crippen molar-refractivity contribution in [2.24, 2.45) is 0 Å². The molecular weight excluding hydrogens is 318 g/mol. The summed E-state index contributed by atoms with van der Waals surface area (Å²) in [5, 5.41) is 5.12. The Morgan fingerprint density at radius 3 is 2.29 bits per heavy atom. The van der Waals surface area contributed by atoms with E-state index in [4.69, 9.17) is 16.6 Å². The fraction of sp³-hybridized carbons (Fsp3) is 0.100. The van der Waals surface area contributed by atoms with Gasteiger partial charge < -0.3 is 0 Å². The third kappa shape index (κ3) is 2.47. The maximum absolute atomic E-state index is 6.47. The van der Waals surface area contributed by atoms with E-state index in [1.807, 2.05) is 43.3 Å². The molecule has 2 aromatic heterocycles. The Labute approximate surface area is 145 Å². The molecule has 0 fully saturated rings. The Hall–Kier alpha value is -2.65. The highest BCUT2D eigenvalue weighted by Crippen LogP contribution is 2.31. The molecule has 0 aliphatic heterocycles. The van der Waals surface area contributed by atoms with Crippen molar-refractivity contribution in [1.29, 1.82) is 0 Å². The highest BCUT2D eigenvalue weighted by molar-refractivity contribution is 6.30. The number of aromatic nitrogens is 3. The van der Waals surface area contributed by atoms with E-state index in [1.165, 1.54) is 5.56 Å². The molecule has 0 radical (unpaired) electrons. The Morgan fingerprint density at radius 1 is 0.875 bits per heavy atom. The van der Waals surface area contributed by atoms with Crippen LogP contribution in [0.15, 0.2) is 60.7 Å². The zero-order chi connectivity index (χ0) is 16.7. The van der Waals surface area contributed by atoms with Crippen molar-refractivity contribution in [2.45, 2.75) is 13.8 Å². The predicted octanol–water partition coefficient (Wildman–Crippen LogP) is 5.33. The first-order valence-electron chi connectivity index (χ1n) is 7.82. The van der Waals surface area contributed by atoms with E-state index in [-0.39, 0.29) is 0 Å². The fourth-order valence-electron chi connectivity index (χ4n) is 2.90. The molecule has 2 aromatic carbocycles. The van der Waals surface area contributed by atoms with Crippen LogP contribution in [0.2, 0.25) is 5.15 Å². The standard InChI is InChI=1S/C20H16ClN3/c1-13-8-10-16(11-9-13)19-14(2)23-24-18(21)12-17(22-20(19)24)15-6-4-3-5-7-15/h3-12H,1-2H3. The number of nitrogens with zero attached hydrogens (tertiary/aromatic N) is 3. The lowest BCUT2D eigenvalue weighted by atomic mass is 10.0. The van der Waals surface area contributed by atoms with Crippen LogP contribution in [-0.4, -0.2) is 14.6 Å². The van der Waals surface area contributed by atoms with E-state index >= 15 is 0 Å². The number of benzene rings is 2. The van der Waals surface area contributed by atoms with Crippen LogP contribution in [0.4, 0.5) is 0 Å². The van der Waals surface area contributed by atoms with Gasteiger partial charge in [-0.15, -0.1) is 0 Å². The summed E-state index contributed by atoms with van der Waals surface area (Å²) < 4.78 is 1.71. The Kier molecular flexibility index (Phi) is 3.58. The third-order valence-corrected chi connectivity index (χ3v) is 4.40.